The van der Waals surface area contributed by atoms with E-state index in [-0.39, 0.29) is 29.2 Å². The van der Waals surface area contributed by atoms with E-state index in [9.17, 15) is 26.4 Å². The van der Waals surface area contributed by atoms with E-state index in [4.69, 9.17) is 4.18 Å². The average Bonchev–Trinajstić information content (AvgIpc) is 3.33. The number of nitrogens with zero attached hydrogens (tertiary/aromatic N) is 1. The normalized spacial score (nSPS) is 18.9. The lowest BCUT2D eigenvalue weighted by Crippen LogP contribution is -2.49. The zero-order valence-corrected chi connectivity index (χ0v) is 23.2. The Morgan fingerprint density at radius 1 is 0.923 bits per heavy atom. The number of hydrogen-bond acceptors (Lipinski definition) is 7. The molecule has 3 aromatic carbocycles. The Balaban J connectivity index is 1.60. The number of sulfonamides is 1. The molecule has 0 aliphatic carbocycles. The van der Waals surface area contributed by atoms with E-state index in [0.29, 0.717) is 6.29 Å². The maximum atomic E-state index is 13.6. The van der Waals surface area contributed by atoms with Crippen LogP contribution in [0.4, 0.5) is 0 Å². The number of nitrogens with one attached hydrogen (secondary N) is 1. The molecule has 4 rings (SSSR count). The fraction of sp³-hybridized carbons (Fsp3) is 0.286. The molecule has 0 saturated carbocycles. The standard InChI is InChI=1S/C28H30N2O7S2/c1-20-8-12-25(13-9-20)38(33,34)30-18-24(37-39(35,36)26-14-10-21(2)11-15-26)17-27(30)28(32)29-23(19-31)16-22-6-4-3-5-7-22/h3-15,19,23-24,27H,16-18H2,1-2H3,(H,29,32)/t23-,24-,27+/m0/s1. The summed E-state index contributed by atoms with van der Waals surface area (Å²) in [6.45, 7) is 3.27. The first-order valence-corrected chi connectivity index (χ1v) is 15.2. The van der Waals surface area contributed by atoms with Crippen LogP contribution in [0.1, 0.15) is 23.1 Å². The van der Waals surface area contributed by atoms with Crippen LogP contribution in [0.2, 0.25) is 0 Å². The second-order valence-corrected chi connectivity index (χ2v) is 13.0. The molecule has 0 bridgehead atoms. The van der Waals surface area contributed by atoms with E-state index >= 15 is 0 Å². The molecule has 0 unspecified atom stereocenters. The van der Waals surface area contributed by atoms with Crippen molar-refractivity contribution >= 4 is 32.3 Å². The van der Waals surface area contributed by atoms with Crippen molar-refractivity contribution in [2.75, 3.05) is 6.54 Å². The van der Waals surface area contributed by atoms with Crippen molar-refractivity contribution in [3.05, 3.63) is 95.6 Å². The van der Waals surface area contributed by atoms with Gasteiger partial charge in [-0.15, -0.1) is 0 Å². The van der Waals surface area contributed by atoms with Crippen molar-refractivity contribution in [2.45, 2.75) is 54.7 Å². The van der Waals surface area contributed by atoms with E-state index in [0.717, 1.165) is 21.0 Å². The molecule has 0 spiro atoms. The predicted octanol–water partition coefficient (Wildman–Crippen LogP) is 2.77. The van der Waals surface area contributed by atoms with Crippen LogP contribution in [0, 0.1) is 13.8 Å². The molecule has 1 aliphatic heterocycles. The van der Waals surface area contributed by atoms with Crippen LogP contribution in [-0.2, 0) is 40.3 Å². The molecular weight excluding hydrogens is 540 g/mol. The quantitative estimate of drug-likeness (QED) is 0.293. The highest BCUT2D eigenvalue weighted by atomic mass is 32.2. The van der Waals surface area contributed by atoms with Crippen LogP contribution in [0.15, 0.2) is 88.7 Å². The van der Waals surface area contributed by atoms with Gasteiger partial charge in [0.15, 0.2) is 0 Å². The predicted molar refractivity (Wildman–Crippen MR) is 145 cm³/mol. The monoisotopic (exact) mass is 570 g/mol. The van der Waals surface area contributed by atoms with Crippen LogP contribution in [0.3, 0.4) is 0 Å². The van der Waals surface area contributed by atoms with Gasteiger partial charge in [0.25, 0.3) is 10.1 Å². The summed E-state index contributed by atoms with van der Waals surface area (Å²) in [6.07, 6.45) is -0.515. The molecule has 3 atom stereocenters. The molecule has 1 fully saturated rings. The SMILES string of the molecule is Cc1ccc(S(=O)(=O)O[C@H]2C[C@H](C(=O)N[C@H](C=O)Cc3ccccc3)N(S(=O)(=O)c3ccc(C)cc3)C2)cc1. The molecule has 3 aromatic rings. The van der Waals surface area contributed by atoms with Gasteiger partial charge in [0.2, 0.25) is 15.9 Å². The lowest BCUT2D eigenvalue weighted by Gasteiger charge is -2.24. The fourth-order valence-electron chi connectivity index (χ4n) is 4.41. The summed E-state index contributed by atoms with van der Waals surface area (Å²) in [5.74, 6) is -0.711. The van der Waals surface area contributed by atoms with E-state index in [1.54, 1.807) is 24.3 Å². The molecule has 0 radical (unpaired) electrons. The van der Waals surface area contributed by atoms with Crippen molar-refractivity contribution < 1.29 is 30.6 Å². The molecule has 11 heteroatoms. The number of benzene rings is 3. The first-order valence-electron chi connectivity index (χ1n) is 12.4. The van der Waals surface area contributed by atoms with Crippen LogP contribution in [0.5, 0.6) is 0 Å². The molecule has 1 amide bonds. The molecule has 9 nitrogen and oxygen atoms in total. The summed E-state index contributed by atoms with van der Waals surface area (Å²) in [5.41, 5.74) is 2.53. The molecule has 1 N–H and O–H groups in total. The lowest BCUT2D eigenvalue weighted by atomic mass is 10.1. The minimum Gasteiger partial charge on any atom is -0.345 e. The zero-order chi connectivity index (χ0) is 28.2. The number of carbonyl (C=O) groups is 2. The van der Waals surface area contributed by atoms with Crippen molar-refractivity contribution in [1.29, 1.82) is 0 Å². The van der Waals surface area contributed by atoms with Crippen molar-refractivity contribution in [2.24, 2.45) is 0 Å². The van der Waals surface area contributed by atoms with Crippen LogP contribution >= 0.6 is 0 Å². The van der Waals surface area contributed by atoms with Gasteiger partial charge in [0, 0.05) is 13.0 Å². The summed E-state index contributed by atoms with van der Waals surface area (Å²) in [4.78, 5) is 25.0. The van der Waals surface area contributed by atoms with Crippen molar-refractivity contribution in [1.82, 2.24) is 9.62 Å². The van der Waals surface area contributed by atoms with Crippen LogP contribution < -0.4 is 5.32 Å². The molecule has 206 valence electrons. The third-order valence-electron chi connectivity index (χ3n) is 6.51. The summed E-state index contributed by atoms with van der Waals surface area (Å²) in [7, 11) is -8.43. The third-order valence-corrected chi connectivity index (χ3v) is 9.77. The highest BCUT2D eigenvalue weighted by molar-refractivity contribution is 7.89. The number of aldehydes is 1. The van der Waals surface area contributed by atoms with E-state index < -0.39 is 44.2 Å². The molecule has 1 heterocycles. The lowest BCUT2D eigenvalue weighted by molar-refractivity contribution is -0.126. The maximum Gasteiger partial charge on any atom is 0.297 e. The van der Waals surface area contributed by atoms with E-state index in [1.807, 2.05) is 44.2 Å². The van der Waals surface area contributed by atoms with Gasteiger partial charge in [0.05, 0.1) is 21.9 Å². The zero-order valence-electron chi connectivity index (χ0n) is 21.6. The van der Waals surface area contributed by atoms with Crippen LogP contribution in [-0.4, -0.2) is 58.1 Å². The Morgan fingerprint density at radius 3 is 2.05 bits per heavy atom. The van der Waals surface area contributed by atoms with Gasteiger partial charge in [0.1, 0.15) is 12.3 Å². The number of rotatable bonds is 10. The molecule has 0 aromatic heterocycles. The Hall–Kier alpha value is -3.38. The fourth-order valence-corrected chi connectivity index (χ4v) is 7.12. The largest absolute Gasteiger partial charge is 0.345 e. The van der Waals surface area contributed by atoms with Gasteiger partial charge >= 0.3 is 0 Å². The van der Waals surface area contributed by atoms with Gasteiger partial charge in [-0.25, -0.2) is 8.42 Å². The topological polar surface area (TPSA) is 127 Å². The highest BCUT2D eigenvalue weighted by Gasteiger charge is 2.46. The molecule has 1 aliphatic rings. The number of amides is 1. The number of hydrogen-bond donors (Lipinski definition) is 1. The van der Waals surface area contributed by atoms with Gasteiger partial charge in [-0.3, -0.25) is 8.98 Å². The minimum atomic E-state index is -4.23. The first kappa shape index (κ1) is 28.6. The smallest absolute Gasteiger partial charge is 0.297 e. The number of aryl methyl sites for hydroxylation is 2. The minimum absolute atomic E-state index is 0.0378. The van der Waals surface area contributed by atoms with Gasteiger partial charge in [-0.1, -0.05) is 65.7 Å². The Kier molecular flexibility index (Phi) is 8.65. The van der Waals surface area contributed by atoms with E-state index in [1.165, 1.54) is 24.3 Å². The van der Waals surface area contributed by atoms with Gasteiger partial charge in [-0.05, 0) is 50.1 Å². The second-order valence-electron chi connectivity index (χ2n) is 9.57. The van der Waals surface area contributed by atoms with Gasteiger partial charge in [-0.2, -0.15) is 12.7 Å². The summed E-state index contributed by atoms with van der Waals surface area (Å²) >= 11 is 0. The van der Waals surface area contributed by atoms with Gasteiger partial charge < -0.3 is 10.1 Å². The van der Waals surface area contributed by atoms with E-state index in [2.05, 4.69) is 5.32 Å². The number of carbonyl (C=O) groups excluding carboxylic acids is 2. The van der Waals surface area contributed by atoms with Crippen molar-refractivity contribution in [3.8, 4) is 0 Å². The summed E-state index contributed by atoms with van der Waals surface area (Å²) in [5, 5.41) is 2.62. The average molecular weight is 571 g/mol. The Morgan fingerprint density at radius 2 is 1.49 bits per heavy atom. The molecular formula is C28H30N2O7S2. The molecule has 1 saturated heterocycles. The third kappa shape index (κ3) is 6.80. The highest BCUT2D eigenvalue weighted by Crippen LogP contribution is 2.30. The molecule has 39 heavy (non-hydrogen) atoms. The second kappa shape index (κ2) is 11.8. The van der Waals surface area contributed by atoms with Crippen molar-refractivity contribution in [3.63, 3.8) is 0 Å². The Bertz CT molecular complexity index is 1520. The van der Waals surface area contributed by atoms with Crippen LogP contribution in [0.25, 0.3) is 0 Å². The Labute approximate surface area is 229 Å². The first-order chi connectivity index (χ1) is 18.5. The summed E-state index contributed by atoms with van der Waals surface area (Å²) < 4.78 is 59.4. The maximum absolute atomic E-state index is 13.6. The summed E-state index contributed by atoms with van der Waals surface area (Å²) in [6, 6.07) is 19.1.